The Morgan fingerprint density at radius 1 is 0.812 bits per heavy atom. The Kier molecular flexibility index (Phi) is 1.84. The maximum atomic E-state index is 4.20. The SMILES string of the molecule is C=Cc1cccc2c1C(=C)c1ccccc1-2. The third-order valence-corrected chi connectivity index (χ3v) is 3.16. The van der Waals surface area contributed by atoms with Crippen LogP contribution in [0.2, 0.25) is 0 Å². The lowest BCUT2D eigenvalue weighted by Gasteiger charge is -2.04. The average Bonchev–Trinajstić information content (AvgIpc) is 2.64. The lowest BCUT2D eigenvalue weighted by molar-refractivity contribution is 1.61. The second-order valence-corrected chi connectivity index (χ2v) is 4.00. The molecule has 16 heavy (non-hydrogen) atoms. The lowest BCUT2D eigenvalue weighted by Crippen LogP contribution is -1.83. The highest BCUT2D eigenvalue weighted by Crippen LogP contribution is 2.44. The van der Waals surface area contributed by atoms with Gasteiger partial charge in [-0.25, -0.2) is 0 Å². The molecule has 0 atom stereocenters. The molecule has 1 aliphatic rings. The topological polar surface area (TPSA) is 0 Å². The molecule has 76 valence electrons. The molecule has 0 aromatic heterocycles. The monoisotopic (exact) mass is 204 g/mol. The van der Waals surface area contributed by atoms with Crippen molar-refractivity contribution in [1.29, 1.82) is 0 Å². The summed E-state index contributed by atoms with van der Waals surface area (Å²) in [6, 6.07) is 14.7. The van der Waals surface area contributed by atoms with E-state index in [0.717, 1.165) is 5.57 Å². The van der Waals surface area contributed by atoms with E-state index in [1.54, 1.807) is 0 Å². The normalized spacial score (nSPS) is 12.1. The molecule has 0 nitrogen and oxygen atoms in total. The largest absolute Gasteiger partial charge is 0.0984 e. The summed E-state index contributed by atoms with van der Waals surface area (Å²) in [5.41, 5.74) is 7.31. The first-order valence-corrected chi connectivity index (χ1v) is 5.37. The van der Waals surface area contributed by atoms with Crippen LogP contribution in [-0.4, -0.2) is 0 Å². The molecule has 0 amide bonds. The van der Waals surface area contributed by atoms with Crippen LogP contribution < -0.4 is 0 Å². The van der Waals surface area contributed by atoms with Crippen LogP contribution >= 0.6 is 0 Å². The fraction of sp³-hybridized carbons (Fsp3) is 0. The molecule has 0 saturated carbocycles. The Labute approximate surface area is 95.6 Å². The molecule has 3 rings (SSSR count). The molecule has 2 aromatic carbocycles. The first-order valence-electron chi connectivity index (χ1n) is 5.37. The van der Waals surface area contributed by atoms with Crippen molar-refractivity contribution in [3.05, 3.63) is 72.3 Å². The van der Waals surface area contributed by atoms with Crippen molar-refractivity contribution < 1.29 is 0 Å². The van der Waals surface area contributed by atoms with Crippen molar-refractivity contribution >= 4 is 11.6 Å². The van der Waals surface area contributed by atoms with Gasteiger partial charge in [0.2, 0.25) is 0 Å². The minimum Gasteiger partial charge on any atom is -0.0984 e. The van der Waals surface area contributed by atoms with Crippen LogP contribution in [0.15, 0.2) is 55.6 Å². The van der Waals surface area contributed by atoms with Crippen LogP contribution in [0.3, 0.4) is 0 Å². The van der Waals surface area contributed by atoms with Crippen LogP contribution in [-0.2, 0) is 0 Å². The summed E-state index contributed by atoms with van der Waals surface area (Å²) in [5, 5.41) is 0. The molecule has 2 aromatic rings. The number of benzene rings is 2. The van der Waals surface area contributed by atoms with Gasteiger partial charge in [-0.05, 0) is 33.4 Å². The van der Waals surface area contributed by atoms with Crippen molar-refractivity contribution in [2.45, 2.75) is 0 Å². The second-order valence-electron chi connectivity index (χ2n) is 4.00. The van der Waals surface area contributed by atoms with Crippen LogP contribution in [0.25, 0.3) is 22.8 Å². The summed E-state index contributed by atoms with van der Waals surface area (Å²) in [4.78, 5) is 0. The predicted molar refractivity (Wildman–Crippen MR) is 70.1 cm³/mol. The molecule has 0 heterocycles. The van der Waals surface area contributed by atoms with Gasteiger partial charge in [-0.2, -0.15) is 0 Å². The fourth-order valence-electron chi connectivity index (χ4n) is 2.42. The Morgan fingerprint density at radius 3 is 2.25 bits per heavy atom. The molecule has 0 bridgehead atoms. The third-order valence-electron chi connectivity index (χ3n) is 3.16. The number of rotatable bonds is 1. The van der Waals surface area contributed by atoms with Gasteiger partial charge >= 0.3 is 0 Å². The highest BCUT2D eigenvalue weighted by atomic mass is 14.3. The molecule has 0 heteroatoms. The zero-order valence-electron chi connectivity index (χ0n) is 9.03. The van der Waals surface area contributed by atoms with E-state index in [-0.39, 0.29) is 0 Å². The van der Waals surface area contributed by atoms with Gasteiger partial charge in [-0.3, -0.25) is 0 Å². The van der Waals surface area contributed by atoms with Gasteiger partial charge < -0.3 is 0 Å². The Balaban J connectivity index is 2.41. The van der Waals surface area contributed by atoms with Gasteiger partial charge in [0.15, 0.2) is 0 Å². The van der Waals surface area contributed by atoms with Crippen molar-refractivity contribution in [2.75, 3.05) is 0 Å². The molecule has 1 aliphatic carbocycles. The van der Waals surface area contributed by atoms with Crippen LogP contribution in [0, 0.1) is 0 Å². The summed E-state index contributed by atoms with van der Waals surface area (Å²) in [6.07, 6.45) is 1.90. The highest BCUT2D eigenvalue weighted by Gasteiger charge is 2.22. The van der Waals surface area contributed by atoms with E-state index in [4.69, 9.17) is 0 Å². The van der Waals surface area contributed by atoms with E-state index in [1.165, 1.54) is 27.8 Å². The second kappa shape index (κ2) is 3.21. The van der Waals surface area contributed by atoms with E-state index in [0.29, 0.717) is 0 Å². The Bertz CT molecular complexity index is 603. The van der Waals surface area contributed by atoms with E-state index in [1.807, 2.05) is 6.08 Å². The molecule has 0 fully saturated rings. The highest BCUT2D eigenvalue weighted by molar-refractivity contribution is 6.02. The zero-order valence-corrected chi connectivity index (χ0v) is 9.03. The molecule has 0 N–H and O–H groups in total. The first-order chi connectivity index (χ1) is 7.83. The predicted octanol–water partition coefficient (Wildman–Crippen LogP) is 4.37. The van der Waals surface area contributed by atoms with Gasteiger partial charge in [0.1, 0.15) is 0 Å². The van der Waals surface area contributed by atoms with Crippen LogP contribution in [0.1, 0.15) is 16.7 Å². The summed E-state index contributed by atoms with van der Waals surface area (Å²) < 4.78 is 0. The van der Waals surface area contributed by atoms with E-state index >= 15 is 0 Å². The average molecular weight is 204 g/mol. The molecule has 0 unspecified atom stereocenters. The summed E-state index contributed by atoms with van der Waals surface area (Å²) in [7, 11) is 0. The quantitative estimate of drug-likeness (QED) is 0.552. The van der Waals surface area contributed by atoms with Gasteiger partial charge in [0.05, 0.1) is 0 Å². The van der Waals surface area contributed by atoms with Crippen LogP contribution in [0.4, 0.5) is 0 Å². The maximum Gasteiger partial charge on any atom is -0.00325 e. The molecular formula is C16H12. The molecule has 0 spiro atoms. The maximum absolute atomic E-state index is 4.20. The number of fused-ring (bicyclic) bond motifs is 3. The molecular weight excluding hydrogens is 192 g/mol. The van der Waals surface area contributed by atoms with Crippen molar-refractivity contribution in [2.24, 2.45) is 0 Å². The number of hydrogen-bond donors (Lipinski definition) is 0. The third kappa shape index (κ3) is 1.04. The van der Waals surface area contributed by atoms with E-state index in [9.17, 15) is 0 Å². The first kappa shape index (κ1) is 9.17. The fourth-order valence-corrected chi connectivity index (χ4v) is 2.42. The summed E-state index contributed by atoms with van der Waals surface area (Å²) in [5.74, 6) is 0. The Morgan fingerprint density at radius 2 is 1.50 bits per heavy atom. The lowest BCUT2D eigenvalue weighted by atomic mass is 9.99. The van der Waals surface area contributed by atoms with Gasteiger partial charge in [-0.15, -0.1) is 0 Å². The minimum absolute atomic E-state index is 1.11. The van der Waals surface area contributed by atoms with Crippen molar-refractivity contribution in [3.8, 4) is 11.1 Å². The molecule has 0 aliphatic heterocycles. The van der Waals surface area contributed by atoms with Gasteiger partial charge in [-0.1, -0.05) is 61.7 Å². The standard InChI is InChI=1S/C16H12/c1-3-12-7-6-10-15-14-9-5-4-8-13(14)11(2)16(12)15/h3-10H,1-2H2. The van der Waals surface area contributed by atoms with Crippen molar-refractivity contribution in [3.63, 3.8) is 0 Å². The molecule has 0 radical (unpaired) electrons. The van der Waals surface area contributed by atoms with Gasteiger partial charge in [0, 0.05) is 0 Å². The van der Waals surface area contributed by atoms with Gasteiger partial charge in [0.25, 0.3) is 0 Å². The summed E-state index contributed by atoms with van der Waals surface area (Å²) in [6.45, 7) is 8.06. The zero-order chi connectivity index (χ0) is 11.1. The van der Waals surface area contributed by atoms with E-state index in [2.05, 4.69) is 55.6 Å². The van der Waals surface area contributed by atoms with E-state index < -0.39 is 0 Å². The molecule has 0 saturated heterocycles. The smallest absolute Gasteiger partial charge is 0.00325 e. The summed E-state index contributed by atoms with van der Waals surface area (Å²) >= 11 is 0. The van der Waals surface area contributed by atoms with Crippen molar-refractivity contribution in [1.82, 2.24) is 0 Å². The Hall–Kier alpha value is -2.08. The number of hydrogen-bond acceptors (Lipinski definition) is 0. The minimum atomic E-state index is 1.11. The van der Waals surface area contributed by atoms with Crippen LogP contribution in [0.5, 0.6) is 0 Å².